The quantitative estimate of drug-likeness (QED) is 0.635. The summed E-state index contributed by atoms with van der Waals surface area (Å²) in [5, 5.41) is 8.61. The Balaban J connectivity index is 3.03. The Bertz CT molecular complexity index is 395. The summed E-state index contributed by atoms with van der Waals surface area (Å²) in [6.45, 7) is 1.56. The zero-order valence-corrected chi connectivity index (χ0v) is 7.78. The van der Waals surface area contributed by atoms with Crippen LogP contribution in [-0.4, -0.2) is 16.1 Å². The van der Waals surface area contributed by atoms with Gasteiger partial charge in [-0.2, -0.15) is 0 Å². The summed E-state index contributed by atoms with van der Waals surface area (Å²) in [4.78, 5) is 24.0. The van der Waals surface area contributed by atoms with Gasteiger partial charge in [-0.1, -0.05) is 6.07 Å². The van der Waals surface area contributed by atoms with Crippen LogP contribution in [0.5, 0.6) is 0 Å². The van der Waals surface area contributed by atoms with Crippen LogP contribution < -0.4 is 11.3 Å². The van der Waals surface area contributed by atoms with Crippen LogP contribution in [0.25, 0.3) is 0 Å². The van der Waals surface area contributed by atoms with Gasteiger partial charge in [0.05, 0.1) is 12.0 Å². The van der Waals surface area contributed by atoms with E-state index in [4.69, 9.17) is 10.8 Å². The van der Waals surface area contributed by atoms with Crippen LogP contribution in [0.4, 0.5) is 0 Å². The van der Waals surface area contributed by atoms with Gasteiger partial charge in [0.15, 0.2) is 0 Å². The largest absolute Gasteiger partial charge is 0.481 e. The van der Waals surface area contributed by atoms with E-state index in [1.54, 1.807) is 19.1 Å². The number of carboxylic acids is 1. The van der Waals surface area contributed by atoms with Crippen LogP contribution in [0.2, 0.25) is 0 Å². The molecule has 0 saturated carbocycles. The molecule has 0 saturated heterocycles. The van der Waals surface area contributed by atoms with Crippen molar-refractivity contribution in [3.63, 3.8) is 0 Å². The number of aromatic amines is 1. The molecule has 0 spiro atoms. The van der Waals surface area contributed by atoms with Gasteiger partial charge in [0, 0.05) is 11.8 Å². The lowest BCUT2D eigenvalue weighted by Crippen LogP contribution is -2.37. The van der Waals surface area contributed by atoms with Gasteiger partial charge >= 0.3 is 5.97 Å². The molecule has 0 fully saturated rings. The summed E-state index contributed by atoms with van der Waals surface area (Å²) in [7, 11) is 0. The van der Waals surface area contributed by atoms with Gasteiger partial charge in [-0.25, -0.2) is 0 Å². The third-order valence-electron chi connectivity index (χ3n) is 1.90. The maximum Gasteiger partial charge on any atom is 0.305 e. The van der Waals surface area contributed by atoms with Crippen LogP contribution in [0.3, 0.4) is 0 Å². The lowest BCUT2D eigenvalue weighted by molar-refractivity contribution is -0.138. The van der Waals surface area contributed by atoms with Crippen molar-refractivity contribution in [1.82, 2.24) is 4.98 Å². The van der Waals surface area contributed by atoms with Gasteiger partial charge in [0.25, 0.3) is 0 Å². The van der Waals surface area contributed by atoms with Crippen LogP contribution in [-0.2, 0) is 10.3 Å². The van der Waals surface area contributed by atoms with E-state index in [-0.39, 0.29) is 12.0 Å². The summed E-state index contributed by atoms with van der Waals surface area (Å²) >= 11 is 0. The minimum Gasteiger partial charge on any atom is -0.481 e. The smallest absolute Gasteiger partial charge is 0.305 e. The molecule has 14 heavy (non-hydrogen) atoms. The van der Waals surface area contributed by atoms with Gasteiger partial charge < -0.3 is 15.8 Å². The fourth-order valence-electron chi connectivity index (χ4n) is 1.19. The number of hydrogen-bond acceptors (Lipinski definition) is 3. The number of carbonyl (C=O) groups is 1. The summed E-state index contributed by atoms with van der Waals surface area (Å²) in [5.74, 6) is -1.00. The summed E-state index contributed by atoms with van der Waals surface area (Å²) in [5.41, 5.74) is 4.84. The number of H-pyrrole nitrogens is 1. The average Bonchev–Trinajstić information content (AvgIpc) is 2.01. The highest BCUT2D eigenvalue weighted by molar-refractivity contribution is 5.68. The highest BCUT2D eigenvalue weighted by Gasteiger charge is 2.25. The van der Waals surface area contributed by atoms with Gasteiger partial charge in [-0.05, 0) is 13.0 Å². The zero-order chi connectivity index (χ0) is 10.8. The molecular weight excluding hydrogens is 184 g/mol. The highest BCUT2D eigenvalue weighted by atomic mass is 16.4. The molecule has 1 aromatic rings. The SMILES string of the molecule is C[C@](N)(CC(=O)O)c1cccc(=O)[nH]1. The Labute approximate surface area is 80.6 Å². The van der Waals surface area contributed by atoms with Crippen molar-refractivity contribution in [1.29, 1.82) is 0 Å². The predicted octanol–water partition coefficient (Wildman–Crippen LogP) is 0.0235. The van der Waals surface area contributed by atoms with E-state index in [2.05, 4.69) is 4.98 Å². The number of hydrogen-bond donors (Lipinski definition) is 3. The topological polar surface area (TPSA) is 96.2 Å². The standard InChI is InChI=1S/C9H12N2O3/c1-9(10,5-8(13)14)6-3-2-4-7(12)11-6/h2-4H,5,10H2,1H3,(H,11,12)(H,13,14)/t9-/m0/s1. The molecule has 1 atom stereocenters. The number of nitrogens with one attached hydrogen (secondary N) is 1. The molecule has 0 radical (unpaired) electrons. The Morgan fingerprint density at radius 2 is 2.29 bits per heavy atom. The predicted molar refractivity (Wildman–Crippen MR) is 50.9 cm³/mol. The van der Waals surface area contributed by atoms with Crippen LogP contribution in [0.15, 0.2) is 23.0 Å². The van der Waals surface area contributed by atoms with Crippen LogP contribution >= 0.6 is 0 Å². The second-order valence-electron chi connectivity index (χ2n) is 3.42. The van der Waals surface area contributed by atoms with Crippen molar-refractivity contribution in [3.05, 3.63) is 34.2 Å². The minimum absolute atomic E-state index is 0.229. The number of carboxylic acid groups (broad SMARTS) is 1. The fourth-order valence-corrected chi connectivity index (χ4v) is 1.19. The van der Waals surface area contributed by atoms with Gasteiger partial charge in [-0.15, -0.1) is 0 Å². The summed E-state index contributed by atoms with van der Waals surface area (Å²) in [6, 6.07) is 4.49. The Morgan fingerprint density at radius 3 is 2.79 bits per heavy atom. The summed E-state index contributed by atoms with van der Waals surface area (Å²) < 4.78 is 0. The lowest BCUT2D eigenvalue weighted by atomic mass is 9.94. The second kappa shape index (κ2) is 3.63. The molecule has 76 valence electrons. The van der Waals surface area contributed by atoms with Crippen LogP contribution in [0, 0.1) is 0 Å². The normalized spacial score (nSPS) is 14.7. The molecule has 5 nitrogen and oxygen atoms in total. The van der Waals surface area contributed by atoms with Crippen molar-refractivity contribution in [2.24, 2.45) is 5.73 Å². The Morgan fingerprint density at radius 1 is 1.64 bits per heavy atom. The third-order valence-corrected chi connectivity index (χ3v) is 1.90. The molecule has 0 aromatic carbocycles. The van der Waals surface area contributed by atoms with E-state index in [9.17, 15) is 9.59 Å². The number of pyridine rings is 1. The van der Waals surface area contributed by atoms with E-state index in [1.807, 2.05) is 0 Å². The molecule has 0 aliphatic carbocycles. The van der Waals surface area contributed by atoms with E-state index >= 15 is 0 Å². The molecule has 1 rings (SSSR count). The molecule has 0 aliphatic rings. The first-order valence-corrected chi connectivity index (χ1v) is 4.12. The molecule has 5 heteroatoms. The van der Waals surface area contributed by atoms with Crippen LogP contribution in [0.1, 0.15) is 19.0 Å². The highest BCUT2D eigenvalue weighted by Crippen LogP contribution is 2.17. The van der Waals surface area contributed by atoms with Gasteiger partial charge in [0.2, 0.25) is 5.56 Å². The third kappa shape index (κ3) is 2.43. The first-order chi connectivity index (χ1) is 6.42. The maximum atomic E-state index is 11.0. The number of nitrogens with two attached hydrogens (primary N) is 1. The van der Waals surface area contributed by atoms with Gasteiger partial charge in [-0.3, -0.25) is 9.59 Å². The number of rotatable bonds is 3. The molecule has 0 unspecified atom stereocenters. The molecule has 4 N–H and O–H groups in total. The molecule has 0 amide bonds. The minimum atomic E-state index is -1.05. The fraction of sp³-hybridized carbons (Fsp3) is 0.333. The molecule has 0 bridgehead atoms. The zero-order valence-electron chi connectivity index (χ0n) is 7.78. The van der Waals surface area contributed by atoms with Crippen molar-refractivity contribution in [2.75, 3.05) is 0 Å². The van der Waals surface area contributed by atoms with E-state index in [1.165, 1.54) is 6.07 Å². The van der Waals surface area contributed by atoms with E-state index < -0.39 is 11.5 Å². The van der Waals surface area contributed by atoms with E-state index in [0.717, 1.165) is 0 Å². The van der Waals surface area contributed by atoms with Gasteiger partial charge in [0.1, 0.15) is 0 Å². The second-order valence-corrected chi connectivity index (χ2v) is 3.42. The lowest BCUT2D eigenvalue weighted by Gasteiger charge is -2.21. The average molecular weight is 196 g/mol. The Hall–Kier alpha value is -1.62. The Kier molecular flexibility index (Phi) is 2.71. The monoisotopic (exact) mass is 196 g/mol. The maximum absolute atomic E-state index is 11.0. The van der Waals surface area contributed by atoms with Crippen molar-refractivity contribution < 1.29 is 9.90 Å². The summed E-state index contributed by atoms with van der Waals surface area (Å²) in [6.07, 6.45) is -0.229. The first kappa shape index (κ1) is 10.5. The number of aliphatic carboxylic acids is 1. The van der Waals surface area contributed by atoms with Crippen molar-refractivity contribution >= 4 is 5.97 Å². The first-order valence-electron chi connectivity index (χ1n) is 4.12. The number of aromatic nitrogens is 1. The molecule has 1 aromatic heterocycles. The van der Waals surface area contributed by atoms with E-state index in [0.29, 0.717) is 5.69 Å². The molecular formula is C9H12N2O3. The molecule has 1 heterocycles. The van der Waals surface area contributed by atoms with Crippen molar-refractivity contribution in [3.8, 4) is 0 Å². The van der Waals surface area contributed by atoms with Crippen molar-refractivity contribution in [2.45, 2.75) is 18.9 Å². The molecule has 0 aliphatic heterocycles.